The molecule has 0 spiro atoms. The minimum Gasteiger partial charge on any atom is -0.396 e. The van der Waals surface area contributed by atoms with Crippen LogP contribution in [0.25, 0.3) is 21.6 Å². The van der Waals surface area contributed by atoms with E-state index >= 15 is 0 Å². The Balaban J connectivity index is 1.27. The lowest BCUT2D eigenvalue weighted by Crippen LogP contribution is -2.45. The van der Waals surface area contributed by atoms with Gasteiger partial charge in [-0.25, -0.2) is 9.97 Å². The summed E-state index contributed by atoms with van der Waals surface area (Å²) in [6, 6.07) is 12.6. The Hall–Kier alpha value is -2.90. The molecule has 0 bridgehead atoms. The molecule has 7 nitrogen and oxygen atoms in total. The molecule has 3 heterocycles. The molecular formula is C23H22N6OS2. The molecule has 5 rings (SSSR count). The summed E-state index contributed by atoms with van der Waals surface area (Å²) in [4.78, 5) is 13.5. The van der Waals surface area contributed by atoms with Gasteiger partial charge < -0.3 is 15.4 Å². The molecule has 0 saturated heterocycles. The number of aliphatic hydroxyl groups is 1. The Morgan fingerprint density at radius 1 is 1.28 bits per heavy atom. The van der Waals surface area contributed by atoms with Crippen LogP contribution in [0.5, 0.6) is 0 Å². The van der Waals surface area contributed by atoms with E-state index in [9.17, 15) is 5.11 Å². The molecule has 4 N–H and O–H groups in total. The van der Waals surface area contributed by atoms with Gasteiger partial charge in [0.2, 0.25) is 0 Å². The van der Waals surface area contributed by atoms with Crippen LogP contribution in [-0.4, -0.2) is 38.7 Å². The average Bonchev–Trinajstić information content (AvgIpc) is 3.45. The van der Waals surface area contributed by atoms with Gasteiger partial charge in [-0.1, -0.05) is 6.07 Å². The Labute approximate surface area is 194 Å². The Kier molecular flexibility index (Phi) is 6.10. The van der Waals surface area contributed by atoms with Gasteiger partial charge >= 0.3 is 0 Å². The zero-order valence-corrected chi connectivity index (χ0v) is 18.8. The number of aromatic nitrogens is 3. The van der Waals surface area contributed by atoms with Crippen molar-refractivity contribution < 1.29 is 5.11 Å². The molecule has 1 aromatic carbocycles. The average molecular weight is 463 g/mol. The topological polar surface area (TPSA) is 110 Å². The molecule has 1 aliphatic rings. The number of anilines is 1. The van der Waals surface area contributed by atoms with Crippen LogP contribution in [0.4, 0.5) is 5.69 Å². The number of hydrogen-bond acceptors (Lipinski definition) is 8. The lowest BCUT2D eigenvalue weighted by molar-refractivity contribution is 0.298. The number of fused-ring (bicyclic) bond motifs is 1. The first-order chi connectivity index (χ1) is 15.7. The van der Waals surface area contributed by atoms with Crippen LogP contribution >= 0.6 is 23.3 Å². The minimum atomic E-state index is 0.0959. The lowest BCUT2D eigenvalue weighted by atomic mass is 9.87. The van der Waals surface area contributed by atoms with Crippen LogP contribution in [0.2, 0.25) is 0 Å². The van der Waals surface area contributed by atoms with Crippen LogP contribution in [0.3, 0.4) is 0 Å². The van der Waals surface area contributed by atoms with Crippen molar-refractivity contribution in [3.8, 4) is 16.6 Å². The van der Waals surface area contributed by atoms with E-state index < -0.39 is 0 Å². The largest absolute Gasteiger partial charge is 0.396 e. The van der Waals surface area contributed by atoms with Crippen molar-refractivity contribution in [2.45, 2.75) is 36.2 Å². The van der Waals surface area contributed by atoms with E-state index in [1.807, 2.05) is 48.1 Å². The molecule has 1 aliphatic carbocycles. The third-order valence-corrected chi connectivity index (χ3v) is 7.40. The number of thiazole rings is 1. The smallest absolute Gasteiger partial charge is 0.139 e. The third-order valence-electron chi connectivity index (χ3n) is 5.53. The molecule has 32 heavy (non-hydrogen) atoms. The van der Waals surface area contributed by atoms with E-state index in [-0.39, 0.29) is 6.61 Å². The summed E-state index contributed by atoms with van der Waals surface area (Å²) < 4.78 is 3.51. The summed E-state index contributed by atoms with van der Waals surface area (Å²) in [5, 5.41) is 26.0. The highest BCUT2D eigenvalue weighted by Crippen LogP contribution is 2.38. The second-order valence-electron chi connectivity index (χ2n) is 7.77. The number of pyridine rings is 1. The molecular weight excluding hydrogens is 440 g/mol. The molecule has 4 aromatic rings. The second-order valence-corrected chi connectivity index (χ2v) is 9.54. The van der Waals surface area contributed by atoms with Gasteiger partial charge in [-0.15, -0.1) is 11.3 Å². The number of benzene rings is 1. The van der Waals surface area contributed by atoms with E-state index in [4.69, 9.17) is 10.2 Å². The molecule has 1 fully saturated rings. The molecule has 3 aromatic heterocycles. The van der Waals surface area contributed by atoms with Gasteiger partial charge in [0.25, 0.3) is 0 Å². The van der Waals surface area contributed by atoms with E-state index in [1.54, 1.807) is 23.3 Å². The minimum absolute atomic E-state index is 0.0959. The van der Waals surface area contributed by atoms with Gasteiger partial charge in [-0.05, 0) is 49.1 Å². The number of hydrogen-bond donors (Lipinski definition) is 4. The fourth-order valence-electron chi connectivity index (χ4n) is 3.80. The van der Waals surface area contributed by atoms with Crippen LogP contribution in [0, 0.1) is 11.3 Å². The maximum Gasteiger partial charge on any atom is 0.139 e. The van der Waals surface area contributed by atoms with Crippen molar-refractivity contribution in [1.29, 1.82) is 5.26 Å². The third kappa shape index (κ3) is 4.36. The van der Waals surface area contributed by atoms with Gasteiger partial charge in [0.05, 0.1) is 28.6 Å². The van der Waals surface area contributed by atoms with Gasteiger partial charge in [-0.3, -0.25) is 4.72 Å². The summed E-state index contributed by atoms with van der Waals surface area (Å²) in [7, 11) is 0. The van der Waals surface area contributed by atoms with E-state index in [2.05, 4.69) is 26.1 Å². The Morgan fingerprint density at radius 3 is 3.03 bits per heavy atom. The summed E-state index contributed by atoms with van der Waals surface area (Å²) in [6.45, 7) is 0.0959. The second kappa shape index (κ2) is 9.30. The summed E-state index contributed by atoms with van der Waals surface area (Å²) in [6.07, 6.45) is 6.35. The van der Waals surface area contributed by atoms with E-state index in [1.165, 1.54) is 0 Å². The van der Waals surface area contributed by atoms with Crippen molar-refractivity contribution >= 4 is 40.0 Å². The first-order valence-electron chi connectivity index (χ1n) is 10.4. The predicted octanol–water partition coefficient (Wildman–Crippen LogP) is 4.33. The van der Waals surface area contributed by atoms with Crippen molar-refractivity contribution in [3.63, 3.8) is 0 Å². The number of nitrogens with zero attached hydrogens (tertiary/aromatic N) is 3. The van der Waals surface area contributed by atoms with Gasteiger partial charge in [0, 0.05) is 53.2 Å². The number of aromatic amines is 1. The summed E-state index contributed by atoms with van der Waals surface area (Å²) in [5.74, 6) is 0. The number of rotatable bonds is 8. The standard InChI is InChI=1S/C23H22N6OS2/c24-11-14-2-1-3-18(8-14)32-29-17-9-16(10-17)27-21-19-4-6-25-22(19)26-12-20(21)23-28-15(5-7-30)13-31-23/h1-4,6,8,12-13,16-17,29-30H,5,7,9-10H2,(H2,25,26,27)/t16-,17+. The highest BCUT2D eigenvalue weighted by molar-refractivity contribution is 7.97. The van der Waals surface area contributed by atoms with Crippen LogP contribution in [0.1, 0.15) is 24.1 Å². The van der Waals surface area contributed by atoms with Crippen molar-refractivity contribution in [1.82, 2.24) is 19.7 Å². The summed E-state index contributed by atoms with van der Waals surface area (Å²) >= 11 is 3.16. The van der Waals surface area contributed by atoms with Crippen molar-refractivity contribution in [2.24, 2.45) is 0 Å². The first kappa shape index (κ1) is 21.0. The van der Waals surface area contributed by atoms with E-state index in [0.29, 0.717) is 24.1 Å². The first-order valence-corrected chi connectivity index (χ1v) is 12.1. The predicted molar refractivity (Wildman–Crippen MR) is 129 cm³/mol. The molecule has 1 saturated carbocycles. The highest BCUT2D eigenvalue weighted by Gasteiger charge is 2.30. The molecule has 9 heteroatoms. The van der Waals surface area contributed by atoms with Gasteiger partial charge in [0.1, 0.15) is 10.7 Å². The zero-order chi connectivity index (χ0) is 21.9. The zero-order valence-electron chi connectivity index (χ0n) is 17.2. The number of nitriles is 1. The monoisotopic (exact) mass is 462 g/mol. The highest BCUT2D eigenvalue weighted by atomic mass is 32.2. The van der Waals surface area contributed by atoms with Gasteiger partial charge in [0.15, 0.2) is 0 Å². The maximum absolute atomic E-state index is 9.21. The molecule has 0 aliphatic heterocycles. The van der Waals surface area contributed by atoms with Crippen molar-refractivity contribution in [3.05, 3.63) is 59.4 Å². The number of aliphatic hydroxyl groups excluding tert-OH is 1. The number of H-pyrrole nitrogens is 1. The maximum atomic E-state index is 9.21. The molecule has 0 amide bonds. The quantitative estimate of drug-likeness (QED) is 0.289. The van der Waals surface area contributed by atoms with Gasteiger partial charge in [-0.2, -0.15) is 5.26 Å². The normalized spacial score (nSPS) is 17.8. The molecule has 162 valence electrons. The Bertz CT molecular complexity index is 1270. The van der Waals surface area contributed by atoms with Crippen LogP contribution < -0.4 is 10.0 Å². The molecule has 0 atom stereocenters. The Morgan fingerprint density at radius 2 is 2.19 bits per heavy atom. The summed E-state index contributed by atoms with van der Waals surface area (Å²) in [5.41, 5.74) is 4.47. The fraction of sp³-hybridized carbons (Fsp3) is 0.261. The lowest BCUT2D eigenvalue weighted by Gasteiger charge is -2.37. The van der Waals surface area contributed by atoms with E-state index in [0.717, 1.165) is 50.7 Å². The van der Waals surface area contributed by atoms with Crippen molar-refractivity contribution in [2.75, 3.05) is 11.9 Å². The SMILES string of the molecule is N#Cc1cccc(SN[C@H]2C[C@@H](Nc3c(-c4nc(CCO)cs4)cnc4[nH]ccc34)C2)c1. The fourth-order valence-corrected chi connectivity index (χ4v) is 5.50. The number of nitrogens with one attached hydrogen (secondary N) is 3. The van der Waals surface area contributed by atoms with Crippen LogP contribution in [0.15, 0.2) is 53.0 Å². The molecule has 0 unspecified atom stereocenters. The molecule has 0 radical (unpaired) electrons. The van der Waals surface area contributed by atoms with Crippen LogP contribution in [-0.2, 0) is 6.42 Å².